The lowest BCUT2D eigenvalue weighted by Gasteiger charge is -2.27. The molecule has 26 heavy (non-hydrogen) atoms. The highest BCUT2D eigenvalue weighted by molar-refractivity contribution is 5.60. The van der Waals surface area contributed by atoms with E-state index in [1.807, 2.05) is 20.8 Å². The van der Waals surface area contributed by atoms with E-state index in [0.717, 1.165) is 0 Å². The number of rotatable bonds is 8. The van der Waals surface area contributed by atoms with Gasteiger partial charge in [-0.2, -0.15) is 0 Å². The Bertz CT molecular complexity index is 736. The van der Waals surface area contributed by atoms with Gasteiger partial charge in [0, 0.05) is 17.3 Å². The van der Waals surface area contributed by atoms with E-state index in [-0.39, 0.29) is 18.1 Å². The molecule has 2 N–H and O–H groups in total. The Morgan fingerprint density at radius 3 is 2.58 bits per heavy atom. The maximum absolute atomic E-state index is 13.5. The number of hydrogen-bond acceptors (Lipinski definition) is 4. The van der Waals surface area contributed by atoms with Crippen LogP contribution < -0.4 is 10.5 Å². The van der Waals surface area contributed by atoms with Crippen molar-refractivity contribution in [3.63, 3.8) is 0 Å². The first-order valence-corrected chi connectivity index (χ1v) is 8.44. The van der Waals surface area contributed by atoms with E-state index in [0.29, 0.717) is 23.6 Å². The zero-order valence-corrected chi connectivity index (χ0v) is 15.2. The van der Waals surface area contributed by atoms with Gasteiger partial charge in [0.1, 0.15) is 24.7 Å². The first-order chi connectivity index (χ1) is 12.2. The molecule has 2 rings (SSSR count). The molecule has 7 heteroatoms. The Labute approximate surface area is 151 Å². The molecule has 2 heterocycles. The molecule has 0 aromatic carbocycles. The number of ether oxygens (including phenoxy) is 1. The minimum atomic E-state index is -2.80. The molecule has 0 spiro atoms. The molecule has 4 nitrogen and oxygen atoms in total. The zero-order valence-electron chi connectivity index (χ0n) is 15.2. The second kappa shape index (κ2) is 8.49. The van der Waals surface area contributed by atoms with Gasteiger partial charge in [0.05, 0.1) is 11.4 Å². The quantitative estimate of drug-likeness (QED) is 0.735. The summed E-state index contributed by atoms with van der Waals surface area (Å²) in [6, 6.07) is 6.09. The van der Waals surface area contributed by atoms with Crippen molar-refractivity contribution in [3.8, 4) is 17.0 Å². The van der Waals surface area contributed by atoms with Crippen LogP contribution in [0.25, 0.3) is 11.3 Å². The molecule has 2 aromatic rings. The molecule has 0 saturated carbocycles. The Kier molecular flexibility index (Phi) is 6.58. The number of aromatic nitrogens is 2. The number of halogens is 3. The summed E-state index contributed by atoms with van der Waals surface area (Å²) in [5.41, 5.74) is 6.12. The minimum absolute atomic E-state index is 0.00366. The van der Waals surface area contributed by atoms with Crippen molar-refractivity contribution in [1.82, 2.24) is 9.97 Å². The monoisotopic (exact) mass is 367 g/mol. The molecule has 0 radical (unpaired) electrons. The van der Waals surface area contributed by atoms with E-state index < -0.39 is 24.3 Å². The molecule has 1 atom stereocenters. The van der Waals surface area contributed by atoms with Crippen molar-refractivity contribution in [3.05, 3.63) is 41.9 Å². The Hall–Kier alpha value is -2.15. The van der Waals surface area contributed by atoms with Crippen LogP contribution in [0.2, 0.25) is 0 Å². The second-order valence-electron chi connectivity index (χ2n) is 7.09. The highest BCUT2D eigenvalue weighted by atomic mass is 19.3. The topological polar surface area (TPSA) is 61.0 Å². The number of hydrogen-bond donors (Lipinski definition) is 1. The summed E-state index contributed by atoms with van der Waals surface area (Å²) in [6.45, 7) is 5.26. The van der Waals surface area contributed by atoms with Crippen LogP contribution in [0.4, 0.5) is 13.2 Å². The average Bonchev–Trinajstić information content (AvgIpc) is 2.58. The average molecular weight is 367 g/mol. The molecule has 0 amide bonds. The van der Waals surface area contributed by atoms with E-state index in [1.165, 1.54) is 18.3 Å². The van der Waals surface area contributed by atoms with Crippen molar-refractivity contribution < 1.29 is 17.9 Å². The SMILES string of the molecule is CC(C)C[C@](C)(N)COc1ccc(-c2ccnc(CF)c2)nc1C(F)F. The van der Waals surface area contributed by atoms with Gasteiger partial charge < -0.3 is 10.5 Å². The maximum atomic E-state index is 13.5. The fourth-order valence-electron chi connectivity index (χ4n) is 2.85. The minimum Gasteiger partial charge on any atom is -0.490 e. The number of nitrogens with two attached hydrogens (primary N) is 1. The maximum Gasteiger partial charge on any atom is 0.284 e. The molecule has 142 valence electrons. The summed E-state index contributed by atoms with van der Waals surface area (Å²) in [6.07, 6.45) is -0.683. The highest BCUT2D eigenvalue weighted by Crippen LogP contribution is 2.31. The first kappa shape index (κ1) is 20.2. The lowest BCUT2D eigenvalue weighted by molar-refractivity contribution is 0.134. The lowest BCUT2D eigenvalue weighted by atomic mass is 9.93. The molecule has 0 aliphatic carbocycles. The van der Waals surface area contributed by atoms with Crippen LogP contribution in [0.1, 0.15) is 45.0 Å². The summed E-state index contributed by atoms with van der Waals surface area (Å²) in [4.78, 5) is 7.86. The van der Waals surface area contributed by atoms with E-state index in [4.69, 9.17) is 10.5 Å². The molecule has 0 aliphatic heterocycles. The summed E-state index contributed by atoms with van der Waals surface area (Å²) >= 11 is 0. The van der Waals surface area contributed by atoms with Gasteiger partial charge in [-0.25, -0.2) is 18.2 Å². The summed E-state index contributed by atoms with van der Waals surface area (Å²) in [5, 5.41) is 0. The Morgan fingerprint density at radius 2 is 1.96 bits per heavy atom. The van der Waals surface area contributed by atoms with E-state index in [2.05, 4.69) is 9.97 Å². The van der Waals surface area contributed by atoms with Gasteiger partial charge in [-0.3, -0.25) is 4.98 Å². The lowest BCUT2D eigenvalue weighted by Crippen LogP contribution is -2.43. The molecule has 0 bridgehead atoms. The van der Waals surface area contributed by atoms with Crippen LogP contribution in [0.15, 0.2) is 30.5 Å². The molecule has 0 aliphatic rings. The number of alkyl halides is 3. The Balaban J connectivity index is 2.26. The van der Waals surface area contributed by atoms with Crippen LogP contribution in [-0.2, 0) is 6.67 Å². The summed E-state index contributed by atoms with van der Waals surface area (Å²) in [7, 11) is 0. The van der Waals surface area contributed by atoms with Crippen molar-refractivity contribution >= 4 is 0 Å². The third-order valence-electron chi connectivity index (χ3n) is 3.77. The van der Waals surface area contributed by atoms with Crippen molar-refractivity contribution in [2.45, 2.75) is 45.8 Å². The van der Waals surface area contributed by atoms with E-state index >= 15 is 0 Å². The Morgan fingerprint density at radius 1 is 1.23 bits per heavy atom. The second-order valence-corrected chi connectivity index (χ2v) is 7.09. The van der Waals surface area contributed by atoms with Crippen LogP contribution in [0, 0.1) is 5.92 Å². The summed E-state index contributed by atoms with van der Waals surface area (Å²) < 4.78 is 45.2. The van der Waals surface area contributed by atoms with Crippen molar-refractivity contribution in [2.75, 3.05) is 6.61 Å². The predicted molar refractivity (Wildman–Crippen MR) is 94.8 cm³/mol. The highest BCUT2D eigenvalue weighted by Gasteiger charge is 2.24. The molecule has 0 unspecified atom stereocenters. The van der Waals surface area contributed by atoms with Crippen LogP contribution in [0.5, 0.6) is 5.75 Å². The number of nitrogens with zero attached hydrogens (tertiary/aromatic N) is 2. The van der Waals surface area contributed by atoms with Gasteiger partial charge in [-0.05, 0) is 43.5 Å². The van der Waals surface area contributed by atoms with Crippen molar-refractivity contribution in [2.24, 2.45) is 11.7 Å². The third-order valence-corrected chi connectivity index (χ3v) is 3.77. The van der Waals surface area contributed by atoms with E-state index in [1.54, 1.807) is 12.1 Å². The molecule has 0 saturated heterocycles. The van der Waals surface area contributed by atoms with Crippen molar-refractivity contribution in [1.29, 1.82) is 0 Å². The van der Waals surface area contributed by atoms with Gasteiger partial charge >= 0.3 is 0 Å². The normalized spacial score (nSPS) is 13.9. The third kappa shape index (κ3) is 5.42. The molecule has 0 fully saturated rings. The van der Waals surface area contributed by atoms with Crippen LogP contribution in [-0.4, -0.2) is 22.1 Å². The molecular formula is C19H24F3N3O. The van der Waals surface area contributed by atoms with Gasteiger partial charge in [0.25, 0.3) is 6.43 Å². The molecular weight excluding hydrogens is 343 g/mol. The largest absolute Gasteiger partial charge is 0.490 e. The first-order valence-electron chi connectivity index (χ1n) is 8.44. The van der Waals surface area contributed by atoms with Crippen LogP contribution >= 0.6 is 0 Å². The van der Waals surface area contributed by atoms with Gasteiger partial charge in [-0.1, -0.05) is 13.8 Å². The number of pyridine rings is 2. The molecule has 2 aromatic heterocycles. The van der Waals surface area contributed by atoms with Gasteiger partial charge in [-0.15, -0.1) is 0 Å². The van der Waals surface area contributed by atoms with Gasteiger partial charge in [0.2, 0.25) is 0 Å². The fraction of sp³-hybridized carbons (Fsp3) is 0.474. The predicted octanol–water partition coefficient (Wildman–Crippen LogP) is 4.69. The fourth-order valence-corrected chi connectivity index (χ4v) is 2.85. The van der Waals surface area contributed by atoms with Gasteiger partial charge in [0.15, 0.2) is 0 Å². The smallest absolute Gasteiger partial charge is 0.284 e. The zero-order chi connectivity index (χ0) is 19.3. The standard InChI is InChI=1S/C19H24F3N3O/c1-12(2)9-19(3,23)11-26-16-5-4-15(25-17(16)18(21)22)13-6-7-24-14(8-13)10-20/h4-8,12,18H,9-11,23H2,1-3H3/t19-/m0/s1. The van der Waals surface area contributed by atoms with Crippen LogP contribution in [0.3, 0.4) is 0 Å². The summed E-state index contributed by atoms with van der Waals surface area (Å²) in [5.74, 6) is 0.365. The van der Waals surface area contributed by atoms with E-state index in [9.17, 15) is 13.2 Å².